The maximum atomic E-state index is 5.44. The summed E-state index contributed by atoms with van der Waals surface area (Å²) in [6, 6.07) is 0. The predicted molar refractivity (Wildman–Crippen MR) is 209 cm³/mol. The summed E-state index contributed by atoms with van der Waals surface area (Å²) in [7, 11) is 5.34. The monoisotopic (exact) mass is 767 g/mol. The minimum atomic E-state index is -0.0465. The van der Waals surface area contributed by atoms with E-state index in [1.807, 2.05) is 10.7 Å². The van der Waals surface area contributed by atoms with Crippen LogP contribution in [0.25, 0.3) is 0 Å². The molecule has 0 aromatic heterocycles. The molecule has 0 aromatic rings. The zero-order chi connectivity index (χ0) is 31.5. The summed E-state index contributed by atoms with van der Waals surface area (Å²) in [6.45, 7) is 4.12. The SMILES string of the molecule is C1CCC([PH+](C2CCCCC2)C2CCCCC2)CC1.C1CCC([PH+](C2CCCCC2)C2CCCCC2)CC1.CC(C)=C[CH]=[Ru][Cl]. The van der Waals surface area contributed by atoms with Crippen molar-refractivity contribution in [2.24, 2.45) is 0 Å². The first-order chi connectivity index (χ1) is 22.2. The van der Waals surface area contributed by atoms with Crippen LogP contribution in [0.1, 0.15) is 206 Å². The number of rotatable bonds is 7. The number of hydrogen-bond donors (Lipinski definition) is 0. The van der Waals surface area contributed by atoms with Gasteiger partial charge < -0.3 is 0 Å². The van der Waals surface area contributed by atoms with Crippen molar-refractivity contribution in [3.05, 3.63) is 11.6 Å². The van der Waals surface area contributed by atoms with Gasteiger partial charge in [-0.2, -0.15) is 0 Å². The van der Waals surface area contributed by atoms with E-state index in [0.717, 1.165) is 0 Å². The van der Waals surface area contributed by atoms with Crippen LogP contribution in [0, 0.1) is 0 Å². The topological polar surface area (TPSA) is 0 Å². The van der Waals surface area contributed by atoms with Crippen LogP contribution in [-0.2, 0) is 15.7 Å². The molecule has 0 heterocycles. The van der Waals surface area contributed by atoms with E-state index in [4.69, 9.17) is 9.69 Å². The van der Waals surface area contributed by atoms with Gasteiger partial charge in [-0.15, -0.1) is 0 Å². The Morgan fingerprint density at radius 1 is 0.400 bits per heavy atom. The Labute approximate surface area is 296 Å². The second-order valence-electron chi connectivity index (χ2n) is 16.4. The zero-order valence-corrected chi connectivity index (χ0v) is 34.6. The fourth-order valence-electron chi connectivity index (χ4n) is 10.8. The summed E-state index contributed by atoms with van der Waals surface area (Å²) in [6.07, 6.45) is 49.6. The fraction of sp³-hybridized carbons (Fsp3) is 0.927. The van der Waals surface area contributed by atoms with Crippen LogP contribution in [0.3, 0.4) is 0 Å². The third-order valence-electron chi connectivity index (χ3n) is 12.9. The molecule has 0 unspecified atom stereocenters. The molecule has 0 aromatic carbocycles. The fourth-order valence-corrected chi connectivity index (χ4v) is 22.2. The Hall–Kier alpha value is 1.38. The molecule has 6 saturated carbocycles. The van der Waals surface area contributed by atoms with Crippen LogP contribution >= 0.6 is 25.5 Å². The van der Waals surface area contributed by atoms with Gasteiger partial charge in [0.2, 0.25) is 0 Å². The second-order valence-corrected chi connectivity index (χ2v) is 25.2. The van der Waals surface area contributed by atoms with Crippen molar-refractivity contribution in [2.45, 2.75) is 240 Å². The Balaban J connectivity index is 0.000000170. The summed E-state index contributed by atoms with van der Waals surface area (Å²) >= 11 is -0.0150. The van der Waals surface area contributed by atoms with Crippen LogP contribution < -0.4 is 0 Å². The van der Waals surface area contributed by atoms with Gasteiger partial charge in [0.1, 0.15) is 0 Å². The van der Waals surface area contributed by atoms with Gasteiger partial charge in [-0.05, 0) is 154 Å². The van der Waals surface area contributed by atoms with E-state index >= 15 is 0 Å². The van der Waals surface area contributed by atoms with Gasteiger partial charge in [-0.25, -0.2) is 0 Å². The van der Waals surface area contributed by atoms with E-state index in [1.165, 1.54) is 39.5 Å². The molecule has 0 bridgehead atoms. The standard InChI is InChI=1S/2C18H33P.C5H8.ClH.Ru/c2*1-4-10-16(11-5-1)19(17-12-6-2-7-13-17)18-14-8-3-9-15-18;1-4-5(2)3;;/h2*16-18H,1-15H2;1,4H,2-3H3;1H;/q;;;;+1/p+1. The molecule has 6 rings (SSSR count). The van der Waals surface area contributed by atoms with Crippen LogP contribution in [0.15, 0.2) is 11.6 Å². The molecule has 6 fully saturated rings. The van der Waals surface area contributed by atoms with E-state index in [9.17, 15) is 0 Å². The van der Waals surface area contributed by atoms with Gasteiger partial charge in [0.25, 0.3) is 0 Å². The average molecular weight is 768 g/mol. The van der Waals surface area contributed by atoms with Crippen LogP contribution in [0.5, 0.6) is 0 Å². The average Bonchev–Trinajstić information content (AvgIpc) is 3.11. The van der Waals surface area contributed by atoms with Crippen molar-refractivity contribution in [1.82, 2.24) is 0 Å². The Morgan fingerprint density at radius 3 is 0.733 bits per heavy atom. The molecule has 0 radical (unpaired) electrons. The molecule has 0 aliphatic heterocycles. The Bertz CT molecular complexity index is 649. The minimum absolute atomic E-state index is 0.0150. The summed E-state index contributed by atoms with van der Waals surface area (Å²) in [5.41, 5.74) is 8.68. The normalized spacial score (nSPS) is 26.1. The van der Waals surface area contributed by atoms with Crippen LogP contribution in [0.2, 0.25) is 0 Å². The molecule has 0 atom stereocenters. The van der Waals surface area contributed by atoms with E-state index < -0.39 is 0 Å². The van der Waals surface area contributed by atoms with E-state index in [-0.39, 0.29) is 31.5 Å². The van der Waals surface area contributed by atoms with Crippen molar-refractivity contribution in [1.29, 1.82) is 0 Å². The van der Waals surface area contributed by atoms with Crippen molar-refractivity contribution in [2.75, 3.05) is 0 Å². The van der Waals surface area contributed by atoms with Crippen LogP contribution in [-0.4, -0.2) is 38.6 Å². The third-order valence-corrected chi connectivity index (χ3v) is 23.1. The zero-order valence-electron chi connectivity index (χ0n) is 30.1. The molecular weight excluding hydrogens is 691 g/mol. The van der Waals surface area contributed by atoms with Crippen molar-refractivity contribution < 1.29 is 15.7 Å². The summed E-state index contributed by atoms with van der Waals surface area (Å²) < 4.78 is 2.02. The van der Waals surface area contributed by atoms with Gasteiger partial charge >= 0.3 is 55.5 Å². The van der Waals surface area contributed by atoms with Gasteiger partial charge in [-0.1, -0.05) is 38.5 Å². The quantitative estimate of drug-likeness (QED) is 0.179. The first-order valence-corrected chi connectivity index (χ1v) is 27.3. The first kappa shape index (κ1) is 39.2. The Kier molecular flexibility index (Phi) is 20.7. The summed E-state index contributed by atoms with van der Waals surface area (Å²) in [4.78, 5) is 0. The van der Waals surface area contributed by atoms with Crippen molar-refractivity contribution in [3.8, 4) is 0 Å². The summed E-state index contributed by atoms with van der Waals surface area (Å²) in [5.74, 6) is 0. The van der Waals surface area contributed by atoms with Gasteiger partial charge in [0.05, 0.1) is 34.0 Å². The molecule has 0 nitrogen and oxygen atoms in total. The number of halogens is 1. The predicted octanol–water partition coefficient (Wildman–Crippen LogP) is 14.4. The molecule has 6 aliphatic carbocycles. The van der Waals surface area contributed by atoms with E-state index in [1.54, 1.807) is 193 Å². The third kappa shape index (κ3) is 14.3. The molecule has 45 heavy (non-hydrogen) atoms. The maximum absolute atomic E-state index is 5.44. The van der Waals surface area contributed by atoms with Crippen molar-refractivity contribution in [3.63, 3.8) is 0 Å². The second kappa shape index (κ2) is 23.7. The van der Waals surface area contributed by atoms with Crippen molar-refractivity contribution >= 4 is 30.1 Å². The molecule has 0 saturated heterocycles. The van der Waals surface area contributed by atoms with Gasteiger partial charge in [0.15, 0.2) is 0 Å². The first-order valence-electron chi connectivity index (χ1n) is 20.6. The molecule has 6 aliphatic rings. The molecule has 0 amide bonds. The Morgan fingerprint density at radius 2 is 0.600 bits per heavy atom. The number of hydrogen-bond acceptors (Lipinski definition) is 0. The van der Waals surface area contributed by atoms with Gasteiger partial charge in [0, 0.05) is 15.8 Å². The molecule has 263 valence electrons. The molecule has 4 heteroatoms. The van der Waals surface area contributed by atoms with E-state index in [0.29, 0.717) is 0 Å². The molecule has 0 N–H and O–H groups in total. The van der Waals surface area contributed by atoms with Gasteiger partial charge in [-0.3, -0.25) is 0 Å². The van der Waals surface area contributed by atoms with E-state index in [2.05, 4.69) is 13.8 Å². The number of allylic oxidation sites excluding steroid dienone is 2. The molecular formula is C41H76ClP2Ru+2. The summed E-state index contributed by atoms with van der Waals surface area (Å²) in [5, 5.41) is 0. The molecule has 0 spiro atoms. The van der Waals surface area contributed by atoms with Crippen LogP contribution in [0.4, 0.5) is 0 Å².